The molecule has 2 fully saturated rings. The van der Waals surface area contributed by atoms with E-state index in [0.29, 0.717) is 72.7 Å². The van der Waals surface area contributed by atoms with Gasteiger partial charge in [0.1, 0.15) is 23.7 Å². The summed E-state index contributed by atoms with van der Waals surface area (Å²) in [7, 11) is 0. The molecule has 0 bridgehead atoms. The van der Waals surface area contributed by atoms with E-state index in [9.17, 15) is 9.18 Å². The highest BCUT2D eigenvalue weighted by molar-refractivity contribution is 6.31. The quantitative estimate of drug-likeness (QED) is 0.314. The predicted octanol–water partition coefficient (Wildman–Crippen LogP) is 5.14. The van der Waals surface area contributed by atoms with Crippen molar-refractivity contribution >= 4 is 45.6 Å². The molecule has 206 valence electrons. The monoisotopic (exact) mass is 555 g/mol. The fourth-order valence-electron chi connectivity index (χ4n) is 4.21. The average molecular weight is 556 g/mol. The first-order valence-electron chi connectivity index (χ1n) is 13.0. The Labute approximate surface area is 231 Å². The van der Waals surface area contributed by atoms with Crippen LogP contribution in [0.2, 0.25) is 5.02 Å². The number of aromatic nitrogens is 2. The summed E-state index contributed by atoms with van der Waals surface area (Å²) in [5.74, 6) is 0.769. The Kier molecular flexibility index (Phi) is 8.88. The van der Waals surface area contributed by atoms with E-state index in [-0.39, 0.29) is 17.2 Å². The highest BCUT2D eigenvalue weighted by atomic mass is 35.5. The number of morpholine rings is 1. The lowest BCUT2D eigenvalue weighted by molar-refractivity contribution is -0.175. The van der Waals surface area contributed by atoms with Gasteiger partial charge in [0, 0.05) is 49.5 Å². The third-order valence-electron chi connectivity index (χ3n) is 6.45. The number of hydrogen-bond donors (Lipinski definition) is 2. The van der Waals surface area contributed by atoms with Gasteiger partial charge in [0.15, 0.2) is 6.29 Å². The summed E-state index contributed by atoms with van der Waals surface area (Å²) in [5.41, 5.74) is 1.71. The van der Waals surface area contributed by atoms with Gasteiger partial charge in [-0.1, -0.05) is 17.7 Å². The molecule has 1 amide bonds. The van der Waals surface area contributed by atoms with E-state index >= 15 is 0 Å². The van der Waals surface area contributed by atoms with Gasteiger partial charge in [0.2, 0.25) is 5.91 Å². The van der Waals surface area contributed by atoms with E-state index in [1.165, 1.54) is 24.5 Å². The Hall–Kier alpha value is -3.31. The summed E-state index contributed by atoms with van der Waals surface area (Å²) in [6, 6.07) is 7.91. The minimum atomic E-state index is -0.506. The summed E-state index contributed by atoms with van der Waals surface area (Å²) in [6.45, 7) is 5.72. The van der Waals surface area contributed by atoms with Crippen LogP contribution in [-0.2, 0) is 14.3 Å². The average Bonchev–Trinajstić information content (AvgIpc) is 3.75. The van der Waals surface area contributed by atoms with Gasteiger partial charge in [-0.3, -0.25) is 9.69 Å². The van der Waals surface area contributed by atoms with Crippen molar-refractivity contribution in [3.05, 3.63) is 59.7 Å². The van der Waals surface area contributed by atoms with Crippen LogP contribution < -0.4 is 15.4 Å². The molecule has 1 saturated heterocycles. The molecule has 5 rings (SSSR count). The van der Waals surface area contributed by atoms with Crippen molar-refractivity contribution in [3.63, 3.8) is 0 Å². The number of benzene rings is 2. The van der Waals surface area contributed by atoms with Gasteiger partial charge >= 0.3 is 0 Å². The van der Waals surface area contributed by atoms with Gasteiger partial charge in [-0.25, -0.2) is 14.4 Å². The van der Waals surface area contributed by atoms with E-state index in [1.807, 2.05) is 13.0 Å². The van der Waals surface area contributed by atoms with Crippen LogP contribution in [0.5, 0.6) is 5.75 Å². The maximum absolute atomic E-state index is 13.6. The molecule has 2 N–H and O–H groups in total. The van der Waals surface area contributed by atoms with Crippen LogP contribution in [0.3, 0.4) is 0 Å². The van der Waals surface area contributed by atoms with E-state index in [4.69, 9.17) is 25.8 Å². The summed E-state index contributed by atoms with van der Waals surface area (Å²) in [4.78, 5) is 23.8. The molecule has 39 heavy (non-hydrogen) atoms. The molecule has 1 aliphatic heterocycles. The number of rotatable bonds is 11. The molecule has 1 saturated carbocycles. The smallest absolute Gasteiger partial charge is 0.248 e. The van der Waals surface area contributed by atoms with Crippen LogP contribution in [0, 0.1) is 11.7 Å². The SMILES string of the molecule is CCOC1CN(C/C=C/C(=O)Nc2cc3c(Nc4ccc(F)c(Cl)c4)ncnc3cc2OCC2CC2)CCO1. The molecule has 2 aliphatic rings. The second-order valence-electron chi connectivity index (χ2n) is 9.50. The fourth-order valence-corrected chi connectivity index (χ4v) is 4.39. The van der Waals surface area contributed by atoms with Gasteiger partial charge in [-0.2, -0.15) is 0 Å². The first kappa shape index (κ1) is 27.3. The zero-order chi connectivity index (χ0) is 27.2. The number of nitrogens with one attached hydrogen (secondary N) is 2. The largest absolute Gasteiger partial charge is 0.491 e. The fraction of sp³-hybridized carbons (Fsp3) is 0.393. The molecule has 1 aromatic heterocycles. The number of amides is 1. The number of anilines is 3. The van der Waals surface area contributed by atoms with Crippen molar-refractivity contribution in [3.8, 4) is 5.75 Å². The minimum Gasteiger partial charge on any atom is -0.491 e. The van der Waals surface area contributed by atoms with Gasteiger partial charge in [-0.05, 0) is 49.9 Å². The third kappa shape index (κ3) is 7.42. The molecule has 3 aromatic rings. The van der Waals surface area contributed by atoms with Gasteiger partial charge in [-0.15, -0.1) is 0 Å². The van der Waals surface area contributed by atoms with Crippen molar-refractivity contribution in [2.24, 2.45) is 5.92 Å². The Morgan fingerprint density at radius 1 is 1.28 bits per heavy atom. The van der Waals surface area contributed by atoms with Crippen LogP contribution in [0.15, 0.2) is 48.8 Å². The first-order chi connectivity index (χ1) is 19.0. The normalized spacial score (nSPS) is 18.0. The van der Waals surface area contributed by atoms with E-state index < -0.39 is 5.82 Å². The molecular weight excluding hydrogens is 525 g/mol. The van der Waals surface area contributed by atoms with Crippen LogP contribution >= 0.6 is 11.6 Å². The number of halogens is 2. The standard InChI is InChI=1S/C28H31ClFN5O4/c1-2-37-27-15-35(10-11-38-27)9-3-4-26(36)34-24-13-20-23(14-25(24)39-16-18-5-6-18)31-17-32-28(20)33-19-7-8-22(30)21(29)12-19/h3-4,7-8,12-14,17-18,27H,2,5-6,9-11,15-16H2,1H3,(H,34,36)(H,31,32,33)/b4-3+. The van der Waals surface area contributed by atoms with Crippen LogP contribution in [0.4, 0.5) is 21.6 Å². The van der Waals surface area contributed by atoms with Crippen molar-refractivity contribution in [2.75, 3.05) is 50.1 Å². The number of carbonyl (C=O) groups is 1. The zero-order valence-electron chi connectivity index (χ0n) is 21.7. The van der Waals surface area contributed by atoms with Crippen molar-refractivity contribution in [1.82, 2.24) is 14.9 Å². The zero-order valence-corrected chi connectivity index (χ0v) is 22.4. The van der Waals surface area contributed by atoms with Gasteiger partial charge in [0.05, 0.1) is 29.4 Å². The second-order valence-corrected chi connectivity index (χ2v) is 9.91. The highest BCUT2D eigenvalue weighted by Gasteiger charge is 2.23. The predicted molar refractivity (Wildman–Crippen MR) is 148 cm³/mol. The second kappa shape index (κ2) is 12.7. The molecule has 2 heterocycles. The van der Waals surface area contributed by atoms with Crippen LogP contribution in [0.25, 0.3) is 10.9 Å². The van der Waals surface area contributed by atoms with E-state index in [2.05, 4.69) is 25.5 Å². The maximum atomic E-state index is 13.6. The van der Waals surface area contributed by atoms with Crippen molar-refractivity contribution in [1.29, 1.82) is 0 Å². The Morgan fingerprint density at radius 3 is 2.95 bits per heavy atom. The Bertz CT molecular complexity index is 1350. The molecule has 0 spiro atoms. The summed E-state index contributed by atoms with van der Waals surface area (Å²) >= 11 is 5.95. The molecule has 1 unspecified atom stereocenters. The van der Waals surface area contributed by atoms with Crippen molar-refractivity contribution in [2.45, 2.75) is 26.1 Å². The van der Waals surface area contributed by atoms with Crippen molar-refractivity contribution < 1.29 is 23.4 Å². The molecular formula is C28H31ClFN5O4. The summed E-state index contributed by atoms with van der Waals surface area (Å²) in [5, 5.41) is 6.77. The van der Waals surface area contributed by atoms with Gasteiger partial charge < -0.3 is 24.8 Å². The summed E-state index contributed by atoms with van der Waals surface area (Å²) < 4.78 is 30.8. The molecule has 2 aromatic carbocycles. The molecule has 0 radical (unpaired) electrons. The van der Waals surface area contributed by atoms with E-state index in [0.717, 1.165) is 19.4 Å². The van der Waals surface area contributed by atoms with E-state index in [1.54, 1.807) is 18.2 Å². The maximum Gasteiger partial charge on any atom is 0.248 e. The number of carbonyl (C=O) groups excluding carboxylic acids is 1. The molecule has 1 atom stereocenters. The third-order valence-corrected chi connectivity index (χ3v) is 6.74. The molecule has 1 aliphatic carbocycles. The summed E-state index contributed by atoms with van der Waals surface area (Å²) in [6.07, 6.45) is 6.81. The first-order valence-corrected chi connectivity index (χ1v) is 13.4. The lowest BCUT2D eigenvalue weighted by Gasteiger charge is -2.31. The minimum absolute atomic E-state index is 0.000599. The molecule has 11 heteroatoms. The number of nitrogens with zero attached hydrogens (tertiary/aromatic N) is 3. The Balaban J connectivity index is 1.33. The highest BCUT2D eigenvalue weighted by Crippen LogP contribution is 2.36. The topological polar surface area (TPSA) is 97.8 Å². The van der Waals surface area contributed by atoms with Crippen LogP contribution in [-0.4, -0.2) is 66.5 Å². The number of hydrogen-bond acceptors (Lipinski definition) is 8. The lowest BCUT2D eigenvalue weighted by Crippen LogP contribution is -2.43. The lowest BCUT2D eigenvalue weighted by atomic mass is 10.1. The number of ether oxygens (including phenoxy) is 3. The Morgan fingerprint density at radius 2 is 2.15 bits per heavy atom. The number of fused-ring (bicyclic) bond motifs is 1. The van der Waals surface area contributed by atoms with Crippen LogP contribution in [0.1, 0.15) is 19.8 Å². The van der Waals surface area contributed by atoms with Gasteiger partial charge in [0.25, 0.3) is 0 Å². The molecule has 9 nitrogen and oxygen atoms in total.